The third kappa shape index (κ3) is 3.39. The van der Waals surface area contributed by atoms with E-state index in [1.165, 1.54) is 0 Å². The van der Waals surface area contributed by atoms with Crippen molar-refractivity contribution >= 4 is 21.9 Å². The fourth-order valence-corrected chi connectivity index (χ4v) is 2.01. The van der Waals surface area contributed by atoms with Gasteiger partial charge >= 0.3 is 0 Å². The summed E-state index contributed by atoms with van der Waals surface area (Å²) in [6.45, 7) is 4.65. The highest BCUT2D eigenvalue weighted by Gasteiger charge is 2.09. The van der Waals surface area contributed by atoms with Crippen LogP contribution in [0.2, 0.25) is 0 Å². The Bertz CT molecular complexity index is 605. The maximum Gasteiger partial charge on any atom is 0.227 e. The van der Waals surface area contributed by atoms with E-state index in [-0.39, 0.29) is 0 Å². The van der Waals surface area contributed by atoms with Gasteiger partial charge in [-0.1, -0.05) is 0 Å². The van der Waals surface area contributed by atoms with Crippen molar-refractivity contribution in [2.24, 2.45) is 0 Å². The number of aryl methyl sites for hydroxylation is 1. The molecular formula is C14H16BrN3O2. The van der Waals surface area contributed by atoms with Gasteiger partial charge in [0.2, 0.25) is 11.8 Å². The standard InChI is InChI=1S/C14H16BrN3O2/c1-4-16-14-17-8-9(2)13(18-14)20-12-6-5-10(19-3)7-11(12)15/h5-8H,4H2,1-3H3,(H,16,17,18). The quantitative estimate of drug-likeness (QED) is 0.899. The predicted octanol–water partition coefficient (Wildman–Crippen LogP) is 3.78. The largest absolute Gasteiger partial charge is 0.497 e. The summed E-state index contributed by atoms with van der Waals surface area (Å²) in [4.78, 5) is 8.53. The van der Waals surface area contributed by atoms with Crippen LogP contribution in [0.4, 0.5) is 5.95 Å². The third-order valence-electron chi connectivity index (χ3n) is 2.61. The molecule has 0 amide bonds. The maximum atomic E-state index is 5.83. The Balaban J connectivity index is 2.27. The lowest BCUT2D eigenvalue weighted by Crippen LogP contribution is -2.03. The van der Waals surface area contributed by atoms with Crippen LogP contribution in [0.15, 0.2) is 28.9 Å². The van der Waals surface area contributed by atoms with Crippen molar-refractivity contribution in [1.82, 2.24) is 9.97 Å². The molecule has 2 rings (SSSR count). The van der Waals surface area contributed by atoms with Crippen LogP contribution < -0.4 is 14.8 Å². The van der Waals surface area contributed by atoms with Gasteiger partial charge in [-0.3, -0.25) is 0 Å². The van der Waals surface area contributed by atoms with Crippen LogP contribution in [0.5, 0.6) is 17.4 Å². The molecule has 0 aliphatic heterocycles. The second-order valence-corrected chi connectivity index (χ2v) is 4.96. The van der Waals surface area contributed by atoms with Crippen LogP contribution in [-0.4, -0.2) is 23.6 Å². The molecule has 1 heterocycles. The van der Waals surface area contributed by atoms with Crippen molar-refractivity contribution in [2.45, 2.75) is 13.8 Å². The molecule has 6 heteroatoms. The number of hydrogen-bond acceptors (Lipinski definition) is 5. The number of methoxy groups -OCH3 is 1. The zero-order chi connectivity index (χ0) is 14.5. The van der Waals surface area contributed by atoms with Crippen molar-refractivity contribution in [1.29, 1.82) is 0 Å². The Morgan fingerprint density at radius 1 is 1.35 bits per heavy atom. The fraction of sp³-hybridized carbons (Fsp3) is 0.286. The van der Waals surface area contributed by atoms with Crippen LogP contribution in [0.3, 0.4) is 0 Å². The summed E-state index contributed by atoms with van der Waals surface area (Å²) < 4.78 is 11.8. The highest BCUT2D eigenvalue weighted by molar-refractivity contribution is 9.10. The first kappa shape index (κ1) is 14.6. The number of ether oxygens (including phenoxy) is 2. The highest BCUT2D eigenvalue weighted by atomic mass is 79.9. The van der Waals surface area contributed by atoms with Gasteiger partial charge in [0.1, 0.15) is 11.5 Å². The lowest BCUT2D eigenvalue weighted by atomic mass is 10.3. The normalized spacial score (nSPS) is 10.2. The minimum Gasteiger partial charge on any atom is -0.497 e. The first-order valence-electron chi connectivity index (χ1n) is 6.23. The van der Waals surface area contributed by atoms with Crippen LogP contribution in [0.25, 0.3) is 0 Å². The average molecular weight is 338 g/mol. The number of nitrogens with zero attached hydrogens (tertiary/aromatic N) is 2. The number of anilines is 1. The molecular weight excluding hydrogens is 322 g/mol. The highest BCUT2D eigenvalue weighted by Crippen LogP contribution is 2.33. The SMILES string of the molecule is CCNc1ncc(C)c(Oc2ccc(OC)cc2Br)n1. The Hall–Kier alpha value is -1.82. The van der Waals surface area contributed by atoms with E-state index >= 15 is 0 Å². The molecule has 0 aliphatic carbocycles. The zero-order valence-corrected chi connectivity index (χ0v) is 13.2. The summed E-state index contributed by atoms with van der Waals surface area (Å²) in [5, 5.41) is 3.06. The minimum absolute atomic E-state index is 0.529. The van der Waals surface area contributed by atoms with Crippen LogP contribution in [0, 0.1) is 6.92 Å². The molecule has 20 heavy (non-hydrogen) atoms. The first-order chi connectivity index (χ1) is 9.63. The van der Waals surface area contributed by atoms with E-state index in [4.69, 9.17) is 9.47 Å². The number of nitrogens with one attached hydrogen (secondary N) is 1. The smallest absolute Gasteiger partial charge is 0.227 e. The van der Waals surface area contributed by atoms with Gasteiger partial charge in [0, 0.05) is 18.3 Å². The molecule has 0 radical (unpaired) electrons. The number of halogens is 1. The van der Waals surface area contributed by atoms with Gasteiger partial charge in [0.15, 0.2) is 0 Å². The molecule has 1 aromatic heterocycles. The minimum atomic E-state index is 0.529. The molecule has 0 bridgehead atoms. The maximum absolute atomic E-state index is 5.83. The Labute approximate surface area is 126 Å². The van der Waals surface area contributed by atoms with Gasteiger partial charge in [-0.2, -0.15) is 4.98 Å². The van der Waals surface area contributed by atoms with Gasteiger partial charge in [-0.15, -0.1) is 0 Å². The van der Waals surface area contributed by atoms with E-state index in [0.29, 0.717) is 17.6 Å². The van der Waals surface area contributed by atoms with Crippen LogP contribution in [-0.2, 0) is 0 Å². The summed E-state index contributed by atoms with van der Waals surface area (Å²) >= 11 is 3.46. The molecule has 0 spiro atoms. The van der Waals surface area contributed by atoms with E-state index in [0.717, 1.165) is 22.3 Å². The molecule has 1 aromatic carbocycles. The van der Waals surface area contributed by atoms with E-state index in [1.807, 2.05) is 32.0 Å². The van der Waals surface area contributed by atoms with E-state index in [9.17, 15) is 0 Å². The molecule has 0 fully saturated rings. The summed E-state index contributed by atoms with van der Waals surface area (Å²) in [6, 6.07) is 5.51. The monoisotopic (exact) mass is 337 g/mol. The molecule has 0 unspecified atom stereocenters. The fourth-order valence-electron chi connectivity index (χ4n) is 1.57. The molecule has 0 atom stereocenters. The Morgan fingerprint density at radius 2 is 2.15 bits per heavy atom. The lowest BCUT2D eigenvalue weighted by molar-refractivity contribution is 0.411. The van der Waals surface area contributed by atoms with E-state index in [2.05, 4.69) is 31.2 Å². The first-order valence-corrected chi connectivity index (χ1v) is 7.02. The molecule has 106 valence electrons. The van der Waals surface area contributed by atoms with Gasteiger partial charge in [0.05, 0.1) is 11.6 Å². The summed E-state index contributed by atoms with van der Waals surface area (Å²) in [5.41, 5.74) is 0.870. The molecule has 2 aromatic rings. The van der Waals surface area contributed by atoms with Crippen molar-refractivity contribution in [3.05, 3.63) is 34.4 Å². The molecule has 5 nitrogen and oxygen atoms in total. The molecule has 0 aliphatic rings. The van der Waals surface area contributed by atoms with E-state index < -0.39 is 0 Å². The van der Waals surface area contributed by atoms with Gasteiger partial charge in [-0.25, -0.2) is 4.98 Å². The Kier molecular flexibility index (Phi) is 4.79. The molecule has 0 saturated heterocycles. The number of hydrogen-bond donors (Lipinski definition) is 1. The summed E-state index contributed by atoms with van der Waals surface area (Å²) in [6.07, 6.45) is 1.73. The second kappa shape index (κ2) is 6.56. The second-order valence-electron chi connectivity index (χ2n) is 4.11. The van der Waals surface area contributed by atoms with Gasteiger partial charge < -0.3 is 14.8 Å². The van der Waals surface area contributed by atoms with Crippen molar-refractivity contribution < 1.29 is 9.47 Å². The van der Waals surface area contributed by atoms with Crippen LogP contribution in [0.1, 0.15) is 12.5 Å². The topological polar surface area (TPSA) is 56.3 Å². The van der Waals surface area contributed by atoms with Crippen molar-refractivity contribution in [3.8, 4) is 17.4 Å². The van der Waals surface area contributed by atoms with Crippen LogP contribution >= 0.6 is 15.9 Å². The Morgan fingerprint density at radius 3 is 2.80 bits per heavy atom. The number of rotatable bonds is 5. The lowest BCUT2D eigenvalue weighted by Gasteiger charge is -2.11. The summed E-state index contributed by atoms with van der Waals surface area (Å²) in [7, 11) is 1.62. The zero-order valence-electron chi connectivity index (χ0n) is 11.6. The number of aromatic nitrogens is 2. The number of benzene rings is 1. The van der Waals surface area contributed by atoms with Crippen molar-refractivity contribution in [2.75, 3.05) is 19.0 Å². The van der Waals surface area contributed by atoms with E-state index in [1.54, 1.807) is 13.3 Å². The molecule has 1 N–H and O–H groups in total. The van der Waals surface area contributed by atoms with Gasteiger partial charge in [-0.05, 0) is 48.0 Å². The average Bonchev–Trinajstić information content (AvgIpc) is 2.44. The predicted molar refractivity (Wildman–Crippen MR) is 81.7 cm³/mol. The third-order valence-corrected chi connectivity index (χ3v) is 3.23. The summed E-state index contributed by atoms with van der Waals surface area (Å²) in [5.74, 6) is 2.52. The van der Waals surface area contributed by atoms with Crippen molar-refractivity contribution in [3.63, 3.8) is 0 Å². The van der Waals surface area contributed by atoms with Gasteiger partial charge in [0.25, 0.3) is 0 Å². The molecule has 0 saturated carbocycles.